The summed E-state index contributed by atoms with van der Waals surface area (Å²) in [7, 11) is 1.39. The number of ether oxygens (including phenoxy) is 1. The van der Waals surface area contributed by atoms with Crippen molar-refractivity contribution in [2.45, 2.75) is 98.7 Å². The molecule has 6 heteroatoms. The van der Waals surface area contributed by atoms with Gasteiger partial charge in [-0.05, 0) is 54.4 Å². The number of aliphatic hydroxyl groups excluding tert-OH is 2. The lowest BCUT2D eigenvalue weighted by atomic mass is 9.42. The molecule has 4 aliphatic carbocycles. The number of rotatable bonds is 4. The number of hydrogen-bond acceptors (Lipinski definition) is 6. The molecule has 0 heterocycles. The summed E-state index contributed by atoms with van der Waals surface area (Å²) in [6.45, 7) is 12.2. The molecule has 0 aromatic heterocycles. The first-order chi connectivity index (χ1) is 15.7. The lowest BCUT2D eigenvalue weighted by Gasteiger charge is -2.61. The molecule has 0 aromatic carbocycles. The summed E-state index contributed by atoms with van der Waals surface area (Å²) in [6, 6.07) is 0. The molecule has 0 saturated heterocycles. The Morgan fingerprint density at radius 2 is 1.76 bits per heavy atom. The molecule has 0 radical (unpaired) electrons. The van der Waals surface area contributed by atoms with Gasteiger partial charge in [0, 0.05) is 41.1 Å². The van der Waals surface area contributed by atoms with Crippen LogP contribution in [0.4, 0.5) is 0 Å². The van der Waals surface area contributed by atoms with Gasteiger partial charge in [0.05, 0.1) is 19.3 Å². The number of Topliss-reactive ketones (excluding diaryl/α,β-unsaturated/α-hetero) is 2. The van der Waals surface area contributed by atoms with Gasteiger partial charge in [0.1, 0.15) is 5.78 Å². The minimum absolute atomic E-state index is 0.0391. The summed E-state index contributed by atoms with van der Waals surface area (Å²) in [5, 5.41) is 23.1. The molecule has 2 fully saturated rings. The van der Waals surface area contributed by atoms with E-state index >= 15 is 0 Å². The van der Waals surface area contributed by atoms with Crippen molar-refractivity contribution in [3.63, 3.8) is 0 Å². The van der Waals surface area contributed by atoms with Gasteiger partial charge in [0.2, 0.25) is 0 Å². The maximum absolute atomic E-state index is 14.0. The first-order valence-electron chi connectivity index (χ1n) is 12.9. The van der Waals surface area contributed by atoms with E-state index in [1.165, 1.54) is 7.11 Å². The highest BCUT2D eigenvalue weighted by atomic mass is 16.5. The van der Waals surface area contributed by atoms with Crippen LogP contribution in [0.5, 0.6) is 0 Å². The largest absolute Gasteiger partial charge is 0.469 e. The fourth-order valence-electron chi connectivity index (χ4n) is 8.84. The van der Waals surface area contributed by atoms with Gasteiger partial charge in [-0.25, -0.2) is 0 Å². The van der Waals surface area contributed by atoms with Crippen molar-refractivity contribution in [1.29, 1.82) is 0 Å². The number of methoxy groups -OCH3 is 1. The molecule has 0 aliphatic heterocycles. The fraction of sp³-hybridized carbons (Fsp3) is 0.821. The molecular formula is C28H42O6. The summed E-state index contributed by atoms with van der Waals surface area (Å²) in [5.74, 6) is 0.0547. The Bertz CT molecular complexity index is 949. The van der Waals surface area contributed by atoms with Crippen molar-refractivity contribution in [3.8, 4) is 0 Å². The predicted octanol–water partition coefficient (Wildman–Crippen LogP) is 4.01. The number of fused-ring (bicyclic) bond motifs is 4. The Morgan fingerprint density at radius 3 is 2.38 bits per heavy atom. The summed E-state index contributed by atoms with van der Waals surface area (Å²) < 4.78 is 4.82. The highest BCUT2D eigenvalue weighted by Crippen LogP contribution is 2.71. The van der Waals surface area contributed by atoms with Crippen molar-refractivity contribution < 1.29 is 29.3 Å². The van der Waals surface area contributed by atoms with E-state index in [1.54, 1.807) is 0 Å². The Morgan fingerprint density at radius 1 is 1.12 bits per heavy atom. The van der Waals surface area contributed by atoms with E-state index in [2.05, 4.69) is 20.8 Å². The van der Waals surface area contributed by atoms with Crippen LogP contribution >= 0.6 is 0 Å². The van der Waals surface area contributed by atoms with Crippen molar-refractivity contribution >= 4 is 17.5 Å². The number of hydrogen-bond donors (Lipinski definition) is 2. The summed E-state index contributed by atoms with van der Waals surface area (Å²) in [6.07, 6.45) is 1.73. The Hall–Kier alpha value is -1.53. The zero-order valence-electron chi connectivity index (χ0n) is 21.9. The second kappa shape index (κ2) is 7.99. The van der Waals surface area contributed by atoms with Crippen LogP contribution in [0.25, 0.3) is 0 Å². The molecule has 0 amide bonds. The minimum Gasteiger partial charge on any atom is -0.469 e. The maximum atomic E-state index is 14.0. The first kappa shape index (κ1) is 25.6. The van der Waals surface area contributed by atoms with Gasteiger partial charge in [-0.1, -0.05) is 41.5 Å². The first-order valence-corrected chi connectivity index (χ1v) is 12.9. The highest BCUT2D eigenvalue weighted by molar-refractivity contribution is 6.01. The van der Waals surface area contributed by atoms with Crippen LogP contribution in [0.1, 0.15) is 86.5 Å². The Balaban J connectivity index is 1.81. The van der Waals surface area contributed by atoms with Gasteiger partial charge in [-0.2, -0.15) is 0 Å². The SMILES string of the molecule is COC(=O)CCC(C)C1CC(O)C2(C)C3=C(C(=O)CC12C)C1(C)CCC(=O)C(C)(C)C1CC3O. The number of carbonyl (C=O) groups excluding carboxylic acids is 3. The van der Waals surface area contributed by atoms with Gasteiger partial charge >= 0.3 is 5.97 Å². The lowest BCUT2D eigenvalue weighted by molar-refractivity contribution is -0.146. The average Bonchev–Trinajstić information content (AvgIpc) is 2.97. The molecule has 4 rings (SSSR count). The average molecular weight is 475 g/mol. The van der Waals surface area contributed by atoms with Gasteiger partial charge in [0.15, 0.2) is 5.78 Å². The lowest BCUT2D eigenvalue weighted by Crippen LogP contribution is -2.60. The number of carbonyl (C=O) groups is 3. The van der Waals surface area contributed by atoms with Crippen LogP contribution in [-0.4, -0.2) is 47.1 Å². The molecule has 2 N–H and O–H groups in total. The van der Waals surface area contributed by atoms with Crippen molar-refractivity contribution in [3.05, 3.63) is 11.1 Å². The monoisotopic (exact) mass is 474 g/mol. The molecule has 0 aromatic rings. The molecule has 8 atom stereocenters. The van der Waals surface area contributed by atoms with E-state index in [-0.39, 0.29) is 35.3 Å². The zero-order valence-corrected chi connectivity index (χ0v) is 21.9. The number of aliphatic hydroxyl groups is 2. The maximum Gasteiger partial charge on any atom is 0.305 e. The second-order valence-electron chi connectivity index (χ2n) is 12.8. The Labute approximate surface area is 203 Å². The normalized spacial score (nSPS) is 44.3. The van der Waals surface area contributed by atoms with Gasteiger partial charge in [0.25, 0.3) is 0 Å². The van der Waals surface area contributed by atoms with Gasteiger partial charge in [-0.3, -0.25) is 14.4 Å². The van der Waals surface area contributed by atoms with Crippen molar-refractivity contribution in [2.24, 2.45) is 39.4 Å². The van der Waals surface area contributed by atoms with E-state index in [1.807, 2.05) is 20.8 Å². The molecule has 4 aliphatic rings. The summed E-state index contributed by atoms with van der Waals surface area (Å²) in [4.78, 5) is 38.6. The van der Waals surface area contributed by atoms with Crippen LogP contribution in [0.3, 0.4) is 0 Å². The third-order valence-corrected chi connectivity index (χ3v) is 11.1. The van der Waals surface area contributed by atoms with Crippen LogP contribution in [0.15, 0.2) is 11.1 Å². The molecule has 190 valence electrons. The minimum atomic E-state index is -0.856. The Kier molecular flexibility index (Phi) is 6.01. The molecule has 0 spiro atoms. The van der Waals surface area contributed by atoms with E-state index in [9.17, 15) is 24.6 Å². The second-order valence-corrected chi connectivity index (χ2v) is 12.8. The van der Waals surface area contributed by atoms with E-state index in [0.29, 0.717) is 50.5 Å². The molecule has 8 unspecified atom stereocenters. The predicted molar refractivity (Wildman–Crippen MR) is 128 cm³/mol. The van der Waals surface area contributed by atoms with Crippen molar-refractivity contribution in [1.82, 2.24) is 0 Å². The molecule has 34 heavy (non-hydrogen) atoms. The van der Waals surface area contributed by atoms with Crippen LogP contribution in [0, 0.1) is 39.4 Å². The summed E-state index contributed by atoms with van der Waals surface area (Å²) in [5.41, 5.74) is -0.930. The van der Waals surface area contributed by atoms with E-state index < -0.39 is 33.9 Å². The highest BCUT2D eigenvalue weighted by Gasteiger charge is 2.69. The van der Waals surface area contributed by atoms with E-state index in [0.717, 1.165) is 5.57 Å². The molecule has 6 nitrogen and oxygen atoms in total. The number of esters is 1. The zero-order chi connectivity index (χ0) is 25.4. The van der Waals surface area contributed by atoms with Crippen LogP contribution in [0.2, 0.25) is 0 Å². The van der Waals surface area contributed by atoms with Crippen LogP contribution in [-0.2, 0) is 19.1 Å². The quantitative estimate of drug-likeness (QED) is 0.597. The molecule has 2 saturated carbocycles. The van der Waals surface area contributed by atoms with Gasteiger partial charge in [-0.15, -0.1) is 0 Å². The smallest absolute Gasteiger partial charge is 0.305 e. The van der Waals surface area contributed by atoms with Crippen LogP contribution < -0.4 is 0 Å². The van der Waals surface area contributed by atoms with Gasteiger partial charge < -0.3 is 14.9 Å². The topological polar surface area (TPSA) is 101 Å². The third-order valence-electron chi connectivity index (χ3n) is 11.1. The standard InChI is InChI=1S/C28H42O6/c1-15(8-9-22(33)34-7)16-12-21(32)28(6)24-17(29)13-19-25(2,3)20(31)10-11-26(19,4)23(24)18(30)14-27(16,28)5/h15-17,19,21,29,32H,8-14H2,1-7H3. The molecular weight excluding hydrogens is 432 g/mol. The molecule has 0 bridgehead atoms. The summed E-state index contributed by atoms with van der Waals surface area (Å²) >= 11 is 0. The third kappa shape index (κ3) is 3.16. The fourth-order valence-corrected chi connectivity index (χ4v) is 8.84. The number of allylic oxidation sites excluding steroid dienone is 1. The van der Waals surface area contributed by atoms with E-state index in [4.69, 9.17) is 4.74 Å². The number of ketones is 2. The van der Waals surface area contributed by atoms with Crippen molar-refractivity contribution in [2.75, 3.05) is 7.11 Å².